The molecule has 4 rings (SSSR count). The summed E-state index contributed by atoms with van der Waals surface area (Å²) in [5, 5.41) is 11.4. The van der Waals surface area contributed by atoms with Gasteiger partial charge in [-0.2, -0.15) is 0 Å². The molecule has 2 aromatic rings. The van der Waals surface area contributed by atoms with Gasteiger partial charge in [0.15, 0.2) is 0 Å². The molecule has 0 spiro atoms. The molecular formula is C19H24FN5O. The molecule has 26 heavy (non-hydrogen) atoms. The maximum Gasteiger partial charge on any atom is 0.289 e. The predicted octanol–water partition coefficient (Wildman–Crippen LogP) is 2.54. The van der Waals surface area contributed by atoms with Crippen molar-refractivity contribution in [1.29, 1.82) is 0 Å². The first-order chi connectivity index (χ1) is 12.7. The summed E-state index contributed by atoms with van der Waals surface area (Å²) in [5.74, 6) is 1.01. The van der Waals surface area contributed by atoms with Gasteiger partial charge in [0, 0.05) is 32.1 Å². The number of aromatic nitrogens is 3. The van der Waals surface area contributed by atoms with Crippen LogP contribution in [0.4, 0.5) is 10.1 Å². The number of aryl methyl sites for hydroxylation is 1. The Kier molecular flexibility index (Phi) is 4.86. The second kappa shape index (κ2) is 7.43. The molecular weight excluding hydrogens is 333 g/mol. The number of carbonyl (C=O) groups is 1. The fraction of sp³-hybridized carbons (Fsp3) is 0.526. The zero-order valence-electron chi connectivity index (χ0n) is 14.8. The molecule has 2 aliphatic rings. The van der Waals surface area contributed by atoms with Gasteiger partial charge in [0.2, 0.25) is 5.82 Å². The minimum atomic E-state index is -0.193. The predicted molar refractivity (Wildman–Crippen MR) is 96.7 cm³/mol. The van der Waals surface area contributed by atoms with Gasteiger partial charge >= 0.3 is 0 Å². The van der Waals surface area contributed by atoms with Crippen molar-refractivity contribution in [3.8, 4) is 0 Å². The molecule has 6 nitrogen and oxygen atoms in total. The van der Waals surface area contributed by atoms with Crippen molar-refractivity contribution in [3.63, 3.8) is 0 Å². The zero-order valence-corrected chi connectivity index (χ0v) is 14.8. The van der Waals surface area contributed by atoms with E-state index in [1.54, 1.807) is 12.1 Å². The molecule has 3 heterocycles. The molecule has 138 valence electrons. The molecule has 0 radical (unpaired) electrons. The summed E-state index contributed by atoms with van der Waals surface area (Å²) < 4.78 is 15.9. The number of rotatable bonds is 3. The molecule has 1 saturated heterocycles. The molecule has 1 aromatic heterocycles. The molecule has 7 heteroatoms. The average molecular weight is 357 g/mol. The molecule has 0 aliphatic carbocycles. The number of fused-ring (bicyclic) bond motifs is 1. The van der Waals surface area contributed by atoms with Crippen LogP contribution in [0.15, 0.2) is 24.3 Å². The Morgan fingerprint density at radius 3 is 2.69 bits per heavy atom. The van der Waals surface area contributed by atoms with Crippen LogP contribution in [0.3, 0.4) is 0 Å². The van der Waals surface area contributed by atoms with E-state index in [1.807, 2.05) is 15.5 Å². The average Bonchev–Trinajstić information content (AvgIpc) is 2.92. The van der Waals surface area contributed by atoms with Crippen LogP contribution in [0, 0.1) is 5.82 Å². The zero-order chi connectivity index (χ0) is 17.9. The first-order valence-corrected chi connectivity index (χ1v) is 9.45. The standard InChI is InChI=1S/C19H24FN5O/c20-15-6-3-4-7-16(15)24-12-9-14(10-13-24)21-19(26)18-23-22-17-8-2-1-5-11-25(17)18/h3-4,6-7,14H,1-2,5,8-13H2,(H,21,26). The number of anilines is 1. The van der Waals surface area contributed by atoms with Crippen molar-refractivity contribution in [3.05, 3.63) is 41.7 Å². The molecule has 1 N–H and O–H groups in total. The van der Waals surface area contributed by atoms with E-state index in [1.165, 1.54) is 12.5 Å². The Balaban J connectivity index is 1.37. The van der Waals surface area contributed by atoms with E-state index in [2.05, 4.69) is 15.5 Å². The summed E-state index contributed by atoms with van der Waals surface area (Å²) >= 11 is 0. The summed E-state index contributed by atoms with van der Waals surface area (Å²) in [5.41, 5.74) is 0.639. The van der Waals surface area contributed by atoms with Crippen molar-refractivity contribution >= 4 is 11.6 Å². The number of piperidine rings is 1. The third kappa shape index (κ3) is 3.43. The Morgan fingerprint density at radius 1 is 1.08 bits per heavy atom. The van der Waals surface area contributed by atoms with E-state index in [0.29, 0.717) is 11.5 Å². The first-order valence-electron chi connectivity index (χ1n) is 9.45. The molecule has 2 aliphatic heterocycles. The summed E-state index contributed by atoms with van der Waals surface area (Å²) in [4.78, 5) is 14.7. The largest absolute Gasteiger partial charge is 0.369 e. The fourth-order valence-electron chi connectivity index (χ4n) is 3.88. The van der Waals surface area contributed by atoms with Gasteiger partial charge in [-0.05, 0) is 37.8 Å². The van der Waals surface area contributed by atoms with Gasteiger partial charge < -0.3 is 14.8 Å². The number of halogens is 1. The maximum absolute atomic E-state index is 13.9. The molecule has 1 fully saturated rings. The van der Waals surface area contributed by atoms with Crippen LogP contribution >= 0.6 is 0 Å². The maximum atomic E-state index is 13.9. The Labute approximate surface area is 152 Å². The second-order valence-corrected chi connectivity index (χ2v) is 7.09. The van der Waals surface area contributed by atoms with E-state index < -0.39 is 0 Å². The Bertz CT molecular complexity index is 782. The van der Waals surface area contributed by atoms with Gasteiger partial charge in [0.25, 0.3) is 5.91 Å². The SMILES string of the molecule is O=C(NC1CCN(c2ccccc2F)CC1)c1nnc2n1CCCCC2. The quantitative estimate of drug-likeness (QED) is 0.917. The van der Waals surface area contributed by atoms with E-state index in [0.717, 1.165) is 57.6 Å². The van der Waals surface area contributed by atoms with Crippen molar-refractivity contribution in [2.24, 2.45) is 0 Å². The smallest absolute Gasteiger partial charge is 0.289 e. The highest BCUT2D eigenvalue weighted by Crippen LogP contribution is 2.23. The summed E-state index contributed by atoms with van der Waals surface area (Å²) in [6.45, 7) is 2.27. The lowest BCUT2D eigenvalue weighted by atomic mass is 10.0. The molecule has 0 atom stereocenters. The van der Waals surface area contributed by atoms with Gasteiger partial charge in [0.1, 0.15) is 11.6 Å². The number of nitrogens with zero attached hydrogens (tertiary/aromatic N) is 4. The lowest BCUT2D eigenvalue weighted by Gasteiger charge is -2.34. The van der Waals surface area contributed by atoms with Crippen LogP contribution < -0.4 is 10.2 Å². The van der Waals surface area contributed by atoms with Gasteiger partial charge in [-0.3, -0.25) is 4.79 Å². The van der Waals surface area contributed by atoms with E-state index in [9.17, 15) is 9.18 Å². The minimum absolute atomic E-state index is 0.0873. The monoisotopic (exact) mass is 357 g/mol. The lowest BCUT2D eigenvalue weighted by molar-refractivity contribution is 0.0915. The highest BCUT2D eigenvalue weighted by atomic mass is 19.1. The number of carbonyl (C=O) groups excluding carboxylic acids is 1. The second-order valence-electron chi connectivity index (χ2n) is 7.09. The van der Waals surface area contributed by atoms with E-state index >= 15 is 0 Å². The topological polar surface area (TPSA) is 63.1 Å². The lowest BCUT2D eigenvalue weighted by Crippen LogP contribution is -2.45. The van der Waals surface area contributed by atoms with Crippen LogP contribution in [0.25, 0.3) is 0 Å². The van der Waals surface area contributed by atoms with Crippen molar-refractivity contribution in [2.45, 2.75) is 51.1 Å². The summed E-state index contributed by atoms with van der Waals surface area (Å²) in [6.07, 6.45) is 5.81. The Morgan fingerprint density at radius 2 is 1.88 bits per heavy atom. The summed E-state index contributed by atoms with van der Waals surface area (Å²) in [7, 11) is 0. The number of benzene rings is 1. The van der Waals surface area contributed by atoms with Crippen molar-refractivity contribution < 1.29 is 9.18 Å². The minimum Gasteiger partial charge on any atom is -0.369 e. The molecule has 1 amide bonds. The highest BCUT2D eigenvalue weighted by molar-refractivity contribution is 5.91. The number of hydrogen-bond acceptors (Lipinski definition) is 4. The number of para-hydroxylation sites is 1. The number of amides is 1. The van der Waals surface area contributed by atoms with Crippen molar-refractivity contribution in [2.75, 3.05) is 18.0 Å². The van der Waals surface area contributed by atoms with Gasteiger partial charge in [-0.1, -0.05) is 18.6 Å². The first kappa shape index (κ1) is 17.0. The van der Waals surface area contributed by atoms with E-state index in [-0.39, 0.29) is 17.8 Å². The third-order valence-corrected chi connectivity index (χ3v) is 5.34. The van der Waals surface area contributed by atoms with Crippen LogP contribution in [-0.2, 0) is 13.0 Å². The molecule has 0 saturated carbocycles. The van der Waals surface area contributed by atoms with Gasteiger partial charge in [0.05, 0.1) is 5.69 Å². The molecule has 0 unspecified atom stereocenters. The molecule has 0 bridgehead atoms. The summed E-state index contributed by atoms with van der Waals surface area (Å²) in [6, 6.07) is 6.93. The van der Waals surface area contributed by atoms with Crippen LogP contribution in [0.2, 0.25) is 0 Å². The fourth-order valence-corrected chi connectivity index (χ4v) is 3.88. The Hall–Kier alpha value is -2.44. The van der Waals surface area contributed by atoms with Gasteiger partial charge in [-0.25, -0.2) is 4.39 Å². The molecule has 1 aromatic carbocycles. The van der Waals surface area contributed by atoms with Gasteiger partial charge in [-0.15, -0.1) is 10.2 Å². The van der Waals surface area contributed by atoms with Crippen molar-refractivity contribution in [1.82, 2.24) is 20.1 Å². The van der Waals surface area contributed by atoms with Crippen LogP contribution in [0.1, 0.15) is 48.5 Å². The normalized spacial score (nSPS) is 18.3. The number of nitrogens with one attached hydrogen (secondary N) is 1. The third-order valence-electron chi connectivity index (χ3n) is 5.34. The van der Waals surface area contributed by atoms with Crippen LogP contribution in [0.5, 0.6) is 0 Å². The highest BCUT2D eigenvalue weighted by Gasteiger charge is 2.25. The van der Waals surface area contributed by atoms with Crippen LogP contribution in [-0.4, -0.2) is 39.8 Å². The number of hydrogen-bond donors (Lipinski definition) is 1. The van der Waals surface area contributed by atoms with E-state index in [4.69, 9.17) is 0 Å².